The molecule has 0 aliphatic heterocycles. The second-order valence-electron chi connectivity index (χ2n) is 3.16. The molecule has 1 unspecified atom stereocenters. The van der Waals surface area contributed by atoms with Crippen LogP contribution in [0.25, 0.3) is 0 Å². The summed E-state index contributed by atoms with van der Waals surface area (Å²) in [4.78, 5) is 22.1. The Hall–Kier alpha value is -1.38. The van der Waals surface area contributed by atoms with Crippen LogP contribution in [0.1, 0.15) is 26.7 Å². The number of ketones is 1. The van der Waals surface area contributed by atoms with Gasteiger partial charge in [0.05, 0.1) is 7.11 Å². The standard InChI is InChI=1S/C11H16O4/c1-4-5-7-11(14,9(2)12)8-6-10(13)15-3/h4,7,14H,6,8H2,1-3H3. The maximum absolute atomic E-state index is 11.2. The summed E-state index contributed by atoms with van der Waals surface area (Å²) in [7, 11) is 1.26. The Kier molecular flexibility index (Phi) is 5.60. The second-order valence-corrected chi connectivity index (χ2v) is 3.16. The van der Waals surface area contributed by atoms with E-state index in [2.05, 4.69) is 10.5 Å². The van der Waals surface area contributed by atoms with E-state index < -0.39 is 17.4 Å². The summed E-state index contributed by atoms with van der Waals surface area (Å²) in [6.07, 6.45) is 2.84. The first kappa shape index (κ1) is 13.6. The van der Waals surface area contributed by atoms with Gasteiger partial charge in [0.2, 0.25) is 0 Å². The lowest BCUT2D eigenvalue weighted by atomic mass is 9.93. The van der Waals surface area contributed by atoms with Crippen molar-refractivity contribution >= 4 is 11.8 Å². The summed E-state index contributed by atoms with van der Waals surface area (Å²) < 4.78 is 4.43. The lowest BCUT2D eigenvalue weighted by Gasteiger charge is -2.19. The molecule has 0 spiro atoms. The summed E-state index contributed by atoms with van der Waals surface area (Å²) in [5, 5.41) is 9.87. The molecule has 0 aliphatic rings. The van der Waals surface area contributed by atoms with E-state index in [9.17, 15) is 14.7 Å². The smallest absolute Gasteiger partial charge is 0.305 e. The molecule has 1 atom stereocenters. The van der Waals surface area contributed by atoms with Crippen molar-refractivity contribution in [2.75, 3.05) is 7.11 Å². The van der Waals surface area contributed by atoms with Crippen LogP contribution >= 0.6 is 0 Å². The van der Waals surface area contributed by atoms with Crippen LogP contribution in [0.2, 0.25) is 0 Å². The molecule has 15 heavy (non-hydrogen) atoms. The highest BCUT2D eigenvalue weighted by Gasteiger charge is 2.30. The number of Topliss-reactive ketones (excluding diaryl/α,β-unsaturated/α-hetero) is 1. The van der Waals surface area contributed by atoms with Crippen LogP contribution in [0.3, 0.4) is 0 Å². The number of ether oxygens (including phenoxy) is 1. The van der Waals surface area contributed by atoms with Gasteiger partial charge in [-0.2, -0.15) is 0 Å². The zero-order chi connectivity index (χ0) is 11.9. The summed E-state index contributed by atoms with van der Waals surface area (Å²) in [5.74, 6) is -0.871. The first-order valence-corrected chi connectivity index (χ1v) is 4.64. The highest BCUT2D eigenvalue weighted by Crippen LogP contribution is 2.16. The summed E-state index contributed by atoms with van der Waals surface area (Å²) >= 11 is 0. The largest absolute Gasteiger partial charge is 0.469 e. The number of carbonyl (C=O) groups is 2. The van der Waals surface area contributed by atoms with Crippen molar-refractivity contribution in [3.05, 3.63) is 17.9 Å². The van der Waals surface area contributed by atoms with E-state index in [1.807, 2.05) is 0 Å². The number of carbonyl (C=O) groups excluding carboxylic acids is 2. The Labute approximate surface area is 89.2 Å². The Morgan fingerprint density at radius 1 is 1.53 bits per heavy atom. The molecule has 0 aromatic carbocycles. The quantitative estimate of drug-likeness (QED) is 0.545. The number of hydrogen-bond acceptors (Lipinski definition) is 4. The molecule has 0 fully saturated rings. The first-order valence-electron chi connectivity index (χ1n) is 4.64. The fourth-order valence-corrected chi connectivity index (χ4v) is 0.966. The Morgan fingerprint density at radius 2 is 2.13 bits per heavy atom. The van der Waals surface area contributed by atoms with Gasteiger partial charge in [-0.25, -0.2) is 0 Å². The molecular weight excluding hydrogens is 196 g/mol. The zero-order valence-electron chi connectivity index (χ0n) is 9.24. The van der Waals surface area contributed by atoms with Gasteiger partial charge in [-0.3, -0.25) is 9.59 Å². The van der Waals surface area contributed by atoms with E-state index in [-0.39, 0.29) is 12.8 Å². The van der Waals surface area contributed by atoms with E-state index in [1.165, 1.54) is 20.1 Å². The van der Waals surface area contributed by atoms with Gasteiger partial charge in [0.25, 0.3) is 0 Å². The van der Waals surface area contributed by atoms with E-state index in [0.717, 1.165) is 0 Å². The van der Waals surface area contributed by atoms with Gasteiger partial charge in [-0.1, -0.05) is 0 Å². The molecule has 0 saturated carbocycles. The number of aliphatic hydroxyl groups is 1. The SMILES string of the molecule is CC=C=CC(O)(CCC(=O)OC)C(C)=O. The molecule has 0 rings (SSSR count). The minimum absolute atomic E-state index is 0.00548. The third kappa shape index (κ3) is 4.58. The van der Waals surface area contributed by atoms with Crippen molar-refractivity contribution < 1.29 is 19.4 Å². The van der Waals surface area contributed by atoms with Crippen LogP contribution in [0, 0.1) is 0 Å². The van der Waals surface area contributed by atoms with Crippen LogP contribution in [-0.2, 0) is 14.3 Å². The maximum atomic E-state index is 11.2. The summed E-state index contributed by atoms with van der Waals surface area (Å²) in [6.45, 7) is 2.99. The first-order chi connectivity index (χ1) is 6.96. The fraction of sp³-hybridized carbons (Fsp3) is 0.545. The van der Waals surface area contributed by atoms with Crippen LogP contribution in [0.5, 0.6) is 0 Å². The van der Waals surface area contributed by atoms with Gasteiger partial charge in [-0.05, 0) is 32.4 Å². The number of rotatable bonds is 5. The Morgan fingerprint density at radius 3 is 2.53 bits per heavy atom. The highest BCUT2D eigenvalue weighted by atomic mass is 16.5. The second kappa shape index (κ2) is 6.17. The molecule has 0 aromatic heterocycles. The molecule has 0 aliphatic carbocycles. The van der Waals surface area contributed by atoms with E-state index >= 15 is 0 Å². The molecule has 0 bridgehead atoms. The molecular formula is C11H16O4. The predicted molar refractivity (Wildman–Crippen MR) is 55.2 cm³/mol. The maximum Gasteiger partial charge on any atom is 0.305 e. The molecule has 0 heterocycles. The van der Waals surface area contributed by atoms with Crippen LogP contribution in [-0.4, -0.2) is 29.6 Å². The molecule has 0 amide bonds. The number of methoxy groups -OCH3 is 1. The fourth-order valence-electron chi connectivity index (χ4n) is 0.966. The lowest BCUT2D eigenvalue weighted by Crippen LogP contribution is -2.35. The average Bonchev–Trinajstić information content (AvgIpc) is 2.22. The van der Waals surface area contributed by atoms with Gasteiger partial charge in [0.1, 0.15) is 5.60 Å². The zero-order valence-corrected chi connectivity index (χ0v) is 9.24. The summed E-state index contributed by atoms with van der Waals surface area (Å²) in [5.41, 5.74) is 1.01. The van der Waals surface area contributed by atoms with Crippen molar-refractivity contribution in [2.45, 2.75) is 32.3 Å². The number of esters is 1. The van der Waals surface area contributed by atoms with Crippen LogP contribution in [0.15, 0.2) is 17.9 Å². The third-order valence-electron chi connectivity index (χ3n) is 2.04. The lowest BCUT2D eigenvalue weighted by molar-refractivity contribution is -0.142. The Bertz CT molecular complexity index is 300. The van der Waals surface area contributed by atoms with Crippen LogP contribution < -0.4 is 0 Å². The van der Waals surface area contributed by atoms with Crippen LogP contribution in [0.4, 0.5) is 0 Å². The molecule has 0 radical (unpaired) electrons. The molecule has 1 N–H and O–H groups in total. The molecule has 4 heteroatoms. The average molecular weight is 212 g/mol. The topological polar surface area (TPSA) is 63.6 Å². The Balaban J connectivity index is 4.60. The highest BCUT2D eigenvalue weighted by molar-refractivity contribution is 5.87. The minimum Gasteiger partial charge on any atom is -0.469 e. The number of hydrogen-bond donors (Lipinski definition) is 1. The van der Waals surface area contributed by atoms with Crippen molar-refractivity contribution in [3.63, 3.8) is 0 Å². The normalized spacial score (nSPS) is 13.3. The van der Waals surface area contributed by atoms with Gasteiger partial charge in [0.15, 0.2) is 5.78 Å². The van der Waals surface area contributed by atoms with Gasteiger partial charge in [-0.15, -0.1) is 5.73 Å². The summed E-state index contributed by atoms with van der Waals surface area (Å²) in [6, 6.07) is 0. The monoisotopic (exact) mass is 212 g/mol. The predicted octanol–water partition coefficient (Wildman–Crippen LogP) is 0.991. The van der Waals surface area contributed by atoms with E-state index in [0.29, 0.717) is 0 Å². The van der Waals surface area contributed by atoms with Gasteiger partial charge < -0.3 is 9.84 Å². The van der Waals surface area contributed by atoms with Crippen molar-refractivity contribution in [3.8, 4) is 0 Å². The molecule has 0 saturated heterocycles. The molecule has 0 aromatic rings. The third-order valence-corrected chi connectivity index (χ3v) is 2.04. The van der Waals surface area contributed by atoms with Crippen molar-refractivity contribution in [1.82, 2.24) is 0 Å². The van der Waals surface area contributed by atoms with Crippen molar-refractivity contribution in [1.29, 1.82) is 0 Å². The van der Waals surface area contributed by atoms with E-state index in [1.54, 1.807) is 13.0 Å². The molecule has 4 nitrogen and oxygen atoms in total. The van der Waals surface area contributed by atoms with Gasteiger partial charge in [0, 0.05) is 6.42 Å². The van der Waals surface area contributed by atoms with Gasteiger partial charge >= 0.3 is 5.97 Å². The minimum atomic E-state index is -1.62. The van der Waals surface area contributed by atoms with Crippen molar-refractivity contribution in [2.24, 2.45) is 0 Å². The van der Waals surface area contributed by atoms with E-state index in [4.69, 9.17) is 0 Å². The molecule has 84 valence electrons.